The van der Waals surface area contributed by atoms with Crippen molar-refractivity contribution in [3.8, 4) is 0 Å². The molecule has 1 amide bonds. The topological polar surface area (TPSA) is 98.7 Å². The third-order valence-corrected chi connectivity index (χ3v) is 2.45. The molecule has 2 unspecified atom stereocenters. The number of aliphatic hydroxyl groups excluding tert-OH is 1. The fourth-order valence-electron chi connectivity index (χ4n) is 1.59. The van der Waals surface area contributed by atoms with E-state index in [0.717, 1.165) is 19.5 Å². The van der Waals surface area contributed by atoms with E-state index in [-0.39, 0.29) is 11.8 Å². The molecule has 0 aromatic carbocycles. The fourth-order valence-corrected chi connectivity index (χ4v) is 1.59. The van der Waals surface area contributed by atoms with Gasteiger partial charge in [-0.3, -0.25) is 4.79 Å². The Bertz CT molecular complexity index is 238. The second-order valence-electron chi connectivity index (χ2n) is 3.70. The Hall–Kier alpha value is -1.14. The molecule has 1 saturated heterocycles. The number of carboxylic acids is 1. The number of carbonyl (C=O) groups excluding carboxylic acids is 1. The molecule has 0 saturated carbocycles. The van der Waals surface area contributed by atoms with Crippen molar-refractivity contribution < 1.29 is 19.8 Å². The standard InChI is InChI=1S/C9H16N2O4/c12-5-7(9(14)15)11-8(13)3-6-1-2-10-4-6/h6-7,10,12H,1-5H2,(H,11,13)(H,14,15). The zero-order valence-electron chi connectivity index (χ0n) is 8.40. The molecule has 0 aromatic rings. The maximum atomic E-state index is 11.4. The highest BCUT2D eigenvalue weighted by Crippen LogP contribution is 2.11. The summed E-state index contributed by atoms with van der Waals surface area (Å²) in [7, 11) is 0. The Morgan fingerprint density at radius 2 is 2.27 bits per heavy atom. The molecule has 1 aliphatic rings. The van der Waals surface area contributed by atoms with Crippen LogP contribution in [0.2, 0.25) is 0 Å². The summed E-state index contributed by atoms with van der Waals surface area (Å²) in [5, 5.41) is 22.7. The third-order valence-electron chi connectivity index (χ3n) is 2.45. The summed E-state index contributed by atoms with van der Waals surface area (Å²) < 4.78 is 0. The summed E-state index contributed by atoms with van der Waals surface area (Å²) in [5.74, 6) is -1.25. The van der Waals surface area contributed by atoms with Gasteiger partial charge >= 0.3 is 5.97 Å². The molecule has 1 aliphatic heterocycles. The first kappa shape index (κ1) is 11.9. The SMILES string of the molecule is O=C(CC1CCNC1)NC(CO)C(=O)O. The largest absolute Gasteiger partial charge is 0.480 e. The van der Waals surface area contributed by atoms with Crippen molar-refractivity contribution in [2.75, 3.05) is 19.7 Å². The maximum Gasteiger partial charge on any atom is 0.328 e. The molecule has 2 atom stereocenters. The van der Waals surface area contributed by atoms with E-state index in [1.807, 2.05) is 0 Å². The number of nitrogens with one attached hydrogen (secondary N) is 2. The van der Waals surface area contributed by atoms with Crippen molar-refractivity contribution in [2.24, 2.45) is 5.92 Å². The predicted molar refractivity (Wildman–Crippen MR) is 52.2 cm³/mol. The average Bonchev–Trinajstić information content (AvgIpc) is 2.66. The number of hydrogen-bond donors (Lipinski definition) is 4. The van der Waals surface area contributed by atoms with Crippen LogP contribution in [0.4, 0.5) is 0 Å². The highest BCUT2D eigenvalue weighted by atomic mass is 16.4. The lowest BCUT2D eigenvalue weighted by atomic mass is 10.0. The monoisotopic (exact) mass is 216 g/mol. The Kier molecular flexibility index (Phi) is 4.51. The second kappa shape index (κ2) is 5.67. The van der Waals surface area contributed by atoms with E-state index in [0.29, 0.717) is 6.42 Å². The minimum Gasteiger partial charge on any atom is -0.480 e. The van der Waals surface area contributed by atoms with Crippen LogP contribution in [-0.4, -0.2) is 47.8 Å². The van der Waals surface area contributed by atoms with Crippen molar-refractivity contribution in [1.29, 1.82) is 0 Å². The minimum atomic E-state index is -1.21. The van der Waals surface area contributed by atoms with E-state index in [9.17, 15) is 9.59 Å². The van der Waals surface area contributed by atoms with Crippen molar-refractivity contribution in [3.63, 3.8) is 0 Å². The third kappa shape index (κ3) is 3.85. The van der Waals surface area contributed by atoms with Crippen LogP contribution in [0.15, 0.2) is 0 Å². The van der Waals surface area contributed by atoms with Crippen molar-refractivity contribution >= 4 is 11.9 Å². The van der Waals surface area contributed by atoms with E-state index < -0.39 is 18.6 Å². The zero-order chi connectivity index (χ0) is 11.3. The van der Waals surface area contributed by atoms with Crippen LogP contribution >= 0.6 is 0 Å². The lowest BCUT2D eigenvalue weighted by Gasteiger charge is -2.13. The summed E-state index contributed by atoms with van der Waals surface area (Å²) in [5.41, 5.74) is 0. The number of amides is 1. The molecular weight excluding hydrogens is 200 g/mol. The molecule has 15 heavy (non-hydrogen) atoms. The van der Waals surface area contributed by atoms with Gasteiger partial charge in [0.05, 0.1) is 6.61 Å². The zero-order valence-corrected chi connectivity index (χ0v) is 8.40. The van der Waals surface area contributed by atoms with Gasteiger partial charge in [-0.2, -0.15) is 0 Å². The van der Waals surface area contributed by atoms with E-state index in [1.165, 1.54) is 0 Å². The number of aliphatic carboxylic acids is 1. The highest BCUT2D eigenvalue weighted by Gasteiger charge is 2.22. The fraction of sp³-hybridized carbons (Fsp3) is 0.778. The number of rotatable bonds is 5. The Labute approximate surface area is 87.7 Å². The molecule has 0 bridgehead atoms. The average molecular weight is 216 g/mol. The Morgan fingerprint density at radius 1 is 1.53 bits per heavy atom. The molecule has 0 radical (unpaired) electrons. The van der Waals surface area contributed by atoms with Crippen molar-refractivity contribution in [2.45, 2.75) is 18.9 Å². The van der Waals surface area contributed by atoms with Gasteiger partial charge < -0.3 is 20.8 Å². The van der Waals surface area contributed by atoms with Gasteiger partial charge in [0.25, 0.3) is 0 Å². The lowest BCUT2D eigenvalue weighted by Crippen LogP contribution is -2.43. The van der Waals surface area contributed by atoms with Gasteiger partial charge in [0.15, 0.2) is 0 Å². The number of carbonyl (C=O) groups is 2. The molecule has 86 valence electrons. The van der Waals surface area contributed by atoms with Gasteiger partial charge in [-0.1, -0.05) is 0 Å². The van der Waals surface area contributed by atoms with Gasteiger partial charge in [-0.05, 0) is 25.4 Å². The molecule has 0 aliphatic carbocycles. The second-order valence-corrected chi connectivity index (χ2v) is 3.70. The summed E-state index contributed by atoms with van der Waals surface area (Å²) in [4.78, 5) is 21.9. The van der Waals surface area contributed by atoms with Crippen molar-refractivity contribution in [1.82, 2.24) is 10.6 Å². The Balaban J connectivity index is 2.30. The number of aliphatic hydroxyl groups is 1. The smallest absolute Gasteiger partial charge is 0.328 e. The van der Waals surface area contributed by atoms with Crippen LogP contribution < -0.4 is 10.6 Å². The predicted octanol–water partition coefficient (Wildman–Crippen LogP) is -1.45. The summed E-state index contributed by atoms with van der Waals surface area (Å²) in [6.45, 7) is 1.12. The number of carboxylic acid groups (broad SMARTS) is 1. The van der Waals surface area contributed by atoms with Crippen LogP contribution in [0.3, 0.4) is 0 Å². The molecule has 6 nitrogen and oxygen atoms in total. The first-order valence-corrected chi connectivity index (χ1v) is 4.97. The number of hydrogen-bond acceptors (Lipinski definition) is 4. The summed E-state index contributed by atoms with van der Waals surface area (Å²) >= 11 is 0. The molecule has 1 heterocycles. The molecule has 4 N–H and O–H groups in total. The van der Waals surface area contributed by atoms with Gasteiger partial charge in [0, 0.05) is 6.42 Å². The molecule has 1 fully saturated rings. The molecule has 0 aromatic heterocycles. The van der Waals surface area contributed by atoms with Crippen LogP contribution in [-0.2, 0) is 9.59 Å². The van der Waals surface area contributed by atoms with Crippen LogP contribution in [0.25, 0.3) is 0 Å². The van der Waals surface area contributed by atoms with Crippen molar-refractivity contribution in [3.05, 3.63) is 0 Å². The quantitative estimate of drug-likeness (QED) is 0.450. The first-order chi connectivity index (χ1) is 7.13. The van der Waals surface area contributed by atoms with E-state index in [1.54, 1.807) is 0 Å². The summed E-state index contributed by atoms with van der Waals surface area (Å²) in [6.07, 6.45) is 1.25. The van der Waals surface area contributed by atoms with Crippen LogP contribution in [0.1, 0.15) is 12.8 Å². The first-order valence-electron chi connectivity index (χ1n) is 4.97. The Morgan fingerprint density at radius 3 is 2.73 bits per heavy atom. The molecule has 0 spiro atoms. The molecule has 6 heteroatoms. The van der Waals surface area contributed by atoms with Gasteiger partial charge in [-0.15, -0.1) is 0 Å². The maximum absolute atomic E-state index is 11.4. The van der Waals surface area contributed by atoms with E-state index in [4.69, 9.17) is 10.2 Å². The highest BCUT2D eigenvalue weighted by molar-refractivity contribution is 5.83. The molecule has 1 rings (SSSR count). The van der Waals surface area contributed by atoms with E-state index >= 15 is 0 Å². The minimum absolute atomic E-state index is 0.276. The lowest BCUT2D eigenvalue weighted by molar-refractivity contribution is -0.143. The summed E-state index contributed by atoms with van der Waals surface area (Å²) in [6, 6.07) is -1.19. The van der Waals surface area contributed by atoms with E-state index in [2.05, 4.69) is 10.6 Å². The van der Waals surface area contributed by atoms with Crippen LogP contribution in [0.5, 0.6) is 0 Å². The van der Waals surface area contributed by atoms with Gasteiger partial charge in [-0.25, -0.2) is 4.79 Å². The van der Waals surface area contributed by atoms with Crippen LogP contribution in [0, 0.1) is 5.92 Å². The molecular formula is C9H16N2O4. The van der Waals surface area contributed by atoms with Gasteiger partial charge in [0.1, 0.15) is 6.04 Å². The van der Waals surface area contributed by atoms with Gasteiger partial charge in [0.2, 0.25) is 5.91 Å². The normalized spacial score (nSPS) is 22.3.